The third-order valence-corrected chi connectivity index (χ3v) is 4.48. The lowest BCUT2D eigenvalue weighted by Gasteiger charge is -2.29. The summed E-state index contributed by atoms with van der Waals surface area (Å²) < 4.78 is 9.99. The molecular formula is C15H22N2O4S. The molecular weight excluding hydrogens is 304 g/mol. The molecule has 0 aliphatic carbocycles. The van der Waals surface area contributed by atoms with Gasteiger partial charge in [0.2, 0.25) is 0 Å². The minimum Gasteiger partial charge on any atom is -0.469 e. The molecule has 0 spiro atoms. The SMILES string of the molecule is COC(=O)CCN(CCN1CCOCC1)C(=O)c1cccs1. The third-order valence-electron chi connectivity index (χ3n) is 3.62. The van der Waals surface area contributed by atoms with E-state index in [1.165, 1.54) is 18.4 Å². The molecule has 0 N–H and O–H groups in total. The summed E-state index contributed by atoms with van der Waals surface area (Å²) in [7, 11) is 1.36. The van der Waals surface area contributed by atoms with E-state index in [0.29, 0.717) is 18.0 Å². The highest BCUT2D eigenvalue weighted by Crippen LogP contribution is 2.13. The van der Waals surface area contributed by atoms with Crippen molar-refractivity contribution in [3.8, 4) is 0 Å². The number of ether oxygens (including phenoxy) is 2. The first-order chi connectivity index (χ1) is 10.7. The van der Waals surface area contributed by atoms with Gasteiger partial charge in [-0.25, -0.2) is 0 Å². The smallest absolute Gasteiger partial charge is 0.307 e. The number of methoxy groups -OCH3 is 1. The molecule has 2 heterocycles. The molecule has 1 amide bonds. The van der Waals surface area contributed by atoms with Gasteiger partial charge in [0, 0.05) is 32.7 Å². The van der Waals surface area contributed by atoms with Crippen LogP contribution >= 0.6 is 11.3 Å². The fourth-order valence-corrected chi connectivity index (χ4v) is 2.98. The van der Waals surface area contributed by atoms with Gasteiger partial charge in [-0.1, -0.05) is 6.07 Å². The second-order valence-electron chi connectivity index (χ2n) is 5.05. The summed E-state index contributed by atoms with van der Waals surface area (Å²) in [6.45, 7) is 5.03. The Morgan fingerprint density at radius 1 is 1.36 bits per heavy atom. The van der Waals surface area contributed by atoms with Crippen molar-refractivity contribution in [3.05, 3.63) is 22.4 Å². The standard InChI is InChI=1S/C15H22N2O4S/c1-20-14(18)4-5-17(15(19)13-3-2-12-22-13)7-6-16-8-10-21-11-9-16/h2-3,12H,4-11H2,1H3. The molecule has 122 valence electrons. The van der Waals surface area contributed by atoms with Gasteiger partial charge in [0.05, 0.1) is 31.6 Å². The molecule has 6 nitrogen and oxygen atoms in total. The van der Waals surface area contributed by atoms with Crippen LogP contribution in [0.1, 0.15) is 16.1 Å². The minimum absolute atomic E-state index is 0.0211. The minimum atomic E-state index is -0.296. The predicted molar refractivity (Wildman–Crippen MR) is 84.1 cm³/mol. The molecule has 1 saturated heterocycles. The summed E-state index contributed by atoms with van der Waals surface area (Å²) in [6.07, 6.45) is 0.219. The Morgan fingerprint density at radius 2 is 2.14 bits per heavy atom. The zero-order valence-electron chi connectivity index (χ0n) is 12.8. The summed E-state index contributed by atoms with van der Waals surface area (Å²) in [4.78, 5) is 28.6. The van der Waals surface area contributed by atoms with E-state index >= 15 is 0 Å². The lowest BCUT2D eigenvalue weighted by atomic mass is 10.3. The van der Waals surface area contributed by atoms with Gasteiger partial charge in [-0.15, -0.1) is 11.3 Å². The molecule has 0 bridgehead atoms. The number of carbonyl (C=O) groups is 2. The number of hydrogen-bond donors (Lipinski definition) is 0. The highest BCUT2D eigenvalue weighted by atomic mass is 32.1. The molecule has 1 aliphatic rings. The fraction of sp³-hybridized carbons (Fsp3) is 0.600. The molecule has 0 aromatic carbocycles. The Bertz CT molecular complexity index is 472. The van der Waals surface area contributed by atoms with Crippen LogP contribution < -0.4 is 0 Å². The average molecular weight is 326 g/mol. The maximum Gasteiger partial charge on any atom is 0.307 e. The van der Waals surface area contributed by atoms with Gasteiger partial charge in [-0.3, -0.25) is 14.5 Å². The topological polar surface area (TPSA) is 59.1 Å². The number of hydrogen-bond acceptors (Lipinski definition) is 6. The quantitative estimate of drug-likeness (QED) is 0.702. The van der Waals surface area contributed by atoms with Gasteiger partial charge in [0.25, 0.3) is 5.91 Å². The first-order valence-electron chi connectivity index (χ1n) is 7.40. The Hall–Kier alpha value is -1.44. The van der Waals surface area contributed by atoms with E-state index in [9.17, 15) is 9.59 Å². The highest BCUT2D eigenvalue weighted by Gasteiger charge is 2.19. The number of rotatable bonds is 7. The zero-order chi connectivity index (χ0) is 15.8. The fourth-order valence-electron chi connectivity index (χ4n) is 2.29. The van der Waals surface area contributed by atoms with E-state index in [4.69, 9.17) is 4.74 Å². The monoisotopic (exact) mass is 326 g/mol. The van der Waals surface area contributed by atoms with E-state index in [-0.39, 0.29) is 18.3 Å². The maximum atomic E-state index is 12.5. The van der Waals surface area contributed by atoms with E-state index in [1.807, 2.05) is 17.5 Å². The number of nitrogens with zero attached hydrogens (tertiary/aromatic N) is 2. The van der Waals surface area contributed by atoms with Gasteiger partial charge < -0.3 is 14.4 Å². The van der Waals surface area contributed by atoms with Crippen LogP contribution in [0.25, 0.3) is 0 Å². The van der Waals surface area contributed by atoms with Crippen LogP contribution in [0.15, 0.2) is 17.5 Å². The molecule has 0 saturated carbocycles. The Morgan fingerprint density at radius 3 is 2.77 bits per heavy atom. The van der Waals surface area contributed by atoms with Crippen molar-refractivity contribution in [2.24, 2.45) is 0 Å². The lowest BCUT2D eigenvalue weighted by molar-refractivity contribution is -0.140. The molecule has 0 unspecified atom stereocenters. The molecule has 0 atom stereocenters. The first kappa shape index (κ1) is 16.9. The molecule has 1 aliphatic heterocycles. The van der Waals surface area contributed by atoms with Crippen LogP contribution in [0.5, 0.6) is 0 Å². The van der Waals surface area contributed by atoms with E-state index in [2.05, 4.69) is 9.64 Å². The second-order valence-corrected chi connectivity index (χ2v) is 6.00. The summed E-state index contributed by atoms with van der Waals surface area (Å²) in [5.41, 5.74) is 0. The summed E-state index contributed by atoms with van der Waals surface area (Å²) >= 11 is 1.42. The van der Waals surface area contributed by atoms with Crippen LogP contribution in [0.2, 0.25) is 0 Å². The predicted octanol–water partition coefficient (Wildman–Crippen LogP) is 1.09. The molecule has 1 aromatic rings. The third kappa shape index (κ3) is 5.08. The average Bonchev–Trinajstić information content (AvgIpc) is 3.09. The highest BCUT2D eigenvalue weighted by molar-refractivity contribution is 7.12. The number of esters is 1. The number of thiophene rings is 1. The van der Waals surface area contributed by atoms with Gasteiger partial charge in [-0.05, 0) is 11.4 Å². The normalized spacial score (nSPS) is 15.5. The van der Waals surface area contributed by atoms with Gasteiger partial charge in [0.15, 0.2) is 0 Å². The largest absolute Gasteiger partial charge is 0.469 e. The van der Waals surface area contributed by atoms with Crippen molar-refractivity contribution in [1.82, 2.24) is 9.80 Å². The molecule has 2 rings (SSSR count). The molecule has 0 radical (unpaired) electrons. The van der Waals surface area contributed by atoms with Crippen LogP contribution in [-0.2, 0) is 14.3 Å². The Labute approximate surface area is 134 Å². The number of amides is 1. The van der Waals surface area contributed by atoms with E-state index in [1.54, 1.807) is 4.90 Å². The van der Waals surface area contributed by atoms with Gasteiger partial charge >= 0.3 is 5.97 Å². The van der Waals surface area contributed by atoms with Crippen molar-refractivity contribution >= 4 is 23.2 Å². The molecule has 1 aromatic heterocycles. The maximum absolute atomic E-state index is 12.5. The van der Waals surface area contributed by atoms with Crippen molar-refractivity contribution in [1.29, 1.82) is 0 Å². The summed E-state index contributed by atoms with van der Waals surface area (Å²) in [6, 6.07) is 3.67. The molecule has 7 heteroatoms. The van der Waals surface area contributed by atoms with E-state index < -0.39 is 0 Å². The van der Waals surface area contributed by atoms with Crippen LogP contribution in [0.4, 0.5) is 0 Å². The summed E-state index contributed by atoms with van der Waals surface area (Å²) in [5.74, 6) is -0.317. The Balaban J connectivity index is 1.91. The van der Waals surface area contributed by atoms with Gasteiger partial charge in [0.1, 0.15) is 0 Å². The lowest BCUT2D eigenvalue weighted by Crippen LogP contribution is -2.43. The van der Waals surface area contributed by atoms with Crippen molar-refractivity contribution in [3.63, 3.8) is 0 Å². The van der Waals surface area contributed by atoms with Crippen LogP contribution in [0.3, 0.4) is 0 Å². The number of carbonyl (C=O) groups excluding carboxylic acids is 2. The first-order valence-corrected chi connectivity index (χ1v) is 8.28. The van der Waals surface area contributed by atoms with E-state index in [0.717, 1.165) is 32.8 Å². The van der Waals surface area contributed by atoms with Crippen LogP contribution in [0, 0.1) is 0 Å². The molecule has 22 heavy (non-hydrogen) atoms. The zero-order valence-corrected chi connectivity index (χ0v) is 13.6. The van der Waals surface area contributed by atoms with Crippen molar-refractivity contribution < 1.29 is 19.1 Å². The van der Waals surface area contributed by atoms with Crippen molar-refractivity contribution in [2.75, 3.05) is 53.0 Å². The van der Waals surface area contributed by atoms with Gasteiger partial charge in [-0.2, -0.15) is 0 Å². The summed E-state index contributed by atoms with van der Waals surface area (Å²) in [5, 5.41) is 1.88. The Kier molecular flexibility index (Phi) is 6.82. The van der Waals surface area contributed by atoms with Crippen LogP contribution in [-0.4, -0.2) is 74.7 Å². The second kappa shape index (κ2) is 8.87. The number of morpholine rings is 1. The van der Waals surface area contributed by atoms with Crippen molar-refractivity contribution in [2.45, 2.75) is 6.42 Å². The molecule has 1 fully saturated rings.